The van der Waals surface area contributed by atoms with Crippen LogP contribution in [0.15, 0.2) is 47.5 Å². The van der Waals surface area contributed by atoms with Crippen LogP contribution in [0.1, 0.15) is 16.7 Å². The van der Waals surface area contributed by atoms with Gasteiger partial charge in [-0.15, -0.1) is 0 Å². The standard InChI is InChI=1S/C20H19NO4S/c1-12-8-14(10-19(22)23)9-13(2)20(12)25-18-6-7-21-17-5-4-15(26(3)24)11-16(17)18/h4-9,11H,10H2,1-3H3,(H,22,23). The van der Waals surface area contributed by atoms with Gasteiger partial charge in [-0.25, -0.2) is 0 Å². The zero-order valence-corrected chi connectivity index (χ0v) is 15.6. The first-order chi connectivity index (χ1) is 12.3. The maximum absolute atomic E-state index is 11.8. The fraction of sp³-hybridized carbons (Fsp3) is 0.200. The SMILES string of the molecule is Cc1cc(CC(=O)O)cc(C)c1Oc1ccnc2ccc(S(C)=O)cc12. The van der Waals surface area contributed by atoms with Crippen molar-refractivity contribution in [3.8, 4) is 11.5 Å². The minimum absolute atomic E-state index is 0.0220. The Kier molecular flexibility index (Phi) is 5.04. The number of hydrogen-bond acceptors (Lipinski definition) is 4. The van der Waals surface area contributed by atoms with E-state index in [1.165, 1.54) is 0 Å². The van der Waals surface area contributed by atoms with Crippen LogP contribution in [-0.2, 0) is 22.0 Å². The van der Waals surface area contributed by atoms with Crippen molar-refractivity contribution in [3.63, 3.8) is 0 Å². The van der Waals surface area contributed by atoms with Crippen LogP contribution in [0.25, 0.3) is 10.9 Å². The summed E-state index contributed by atoms with van der Waals surface area (Å²) in [5.74, 6) is 0.451. The molecule has 1 unspecified atom stereocenters. The molecule has 0 saturated carbocycles. The number of nitrogens with zero attached hydrogens (tertiary/aromatic N) is 1. The summed E-state index contributed by atoms with van der Waals surface area (Å²) in [4.78, 5) is 16.0. The lowest BCUT2D eigenvalue weighted by Gasteiger charge is -2.15. The first-order valence-electron chi connectivity index (χ1n) is 8.07. The Labute approximate surface area is 154 Å². The van der Waals surface area contributed by atoms with Gasteiger partial charge in [-0.3, -0.25) is 14.0 Å². The third-order valence-electron chi connectivity index (χ3n) is 4.09. The molecule has 0 fully saturated rings. The van der Waals surface area contributed by atoms with Crippen LogP contribution in [0, 0.1) is 13.8 Å². The zero-order valence-electron chi connectivity index (χ0n) is 14.8. The van der Waals surface area contributed by atoms with E-state index in [4.69, 9.17) is 9.84 Å². The van der Waals surface area contributed by atoms with E-state index >= 15 is 0 Å². The molecule has 1 aromatic heterocycles. The summed E-state index contributed by atoms with van der Waals surface area (Å²) in [7, 11) is -1.10. The second-order valence-electron chi connectivity index (χ2n) is 6.17. The van der Waals surface area contributed by atoms with E-state index in [1.54, 1.807) is 24.6 Å². The van der Waals surface area contributed by atoms with Crippen LogP contribution in [0.3, 0.4) is 0 Å². The number of aliphatic carboxylic acids is 1. The van der Waals surface area contributed by atoms with Gasteiger partial charge in [0.1, 0.15) is 11.5 Å². The van der Waals surface area contributed by atoms with Crippen molar-refractivity contribution in [3.05, 3.63) is 59.3 Å². The van der Waals surface area contributed by atoms with Crippen molar-refractivity contribution < 1.29 is 18.8 Å². The molecular formula is C20H19NO4S. The molecule has 0 spiro atoms. The number of aryl methyl sites for hydroxylation is 2. The second-order valence-corrected chi connectivity index (χ2v) is 7.55. The first kappa shape index (κ1) is 18.1. The molecule has 5 nitrogen and oxygen atoms in total. The van der Waals surface area contributed by atoms with Gasteiger partial charge in [-0.2, -0.15) is 0 Å². The highest BCUT2D eigenvalue weighted by molar-refractivity contribution is 7.84. The van der Waals surface area contributed by atoms with Crippen molar-refractivity contribution in [2.45, 2.75) is 25.2 Å². The number of hydrogen-bond donors (Lipinski definition) is 1. The van der Waals surface area contributed by atoms with Gasteiger partial charge < -0.3 is 9.84 Å². The predicted molar refractivity (Wildman–Crippen MR) is 101 cm³/mol. The minimum atomic E-state index is -1.10. The molecule has 6 heteroatoms. The lowest BCUT2D eigenvalue weighted by Crippen LogP contribution is -2.02. The van der Waals surface area contributed by atoms with Crippen molar-refractivity contribution in [1.29, 1.82) is 0 Å². The Morgan fingerprint density at radius 2 is 1.85 bits per heavy atom. The highest BCUT2D eigenvalue weighted by Gasteiger charge is 2.12. The molecule has 134 valence electrons. The molecule has 0 bridgehead atoms. The van der Waals surface area contributed by atoms with Gasteiger partial charge in [-0.05, 0) is 54.8 Å². The maximum Gasteiger partial charge on any atom is 0.307 e. The molecule has 26 heavy (non-hydrogen) atoms. The van der Waals surface area contributed by atoms with Crippen molar-refractivity contribution in [2.24, 2.45) is 0 Å². The van der Waals surface area contributed by atoms with E-state index < -0.39 is 16.8 Å². The zero-order chi connectivity index (χ0) is 18.8. The minimum Gasteiger partial charge on any atom is -0.481 e. The largest absolute Gasteiger partial charge is 0.481 e. The third kappa shape index (κ3) is 3.75. The summed E-state index contributed by atoms with van der Waals surface area (Å²) in [5, 5.41) is 9.77. The van der Waals surface area contributed by atoms with E-state index in [2.05, 4.69) is 4.98 Å². The fourth-order valence-corrected chi connectivity index (χ4v) is 3.50. The van der Waals surface area contributed by atoms with Gasteiger partial charge in [0.05, 0.1) is 11.9 Å². The maximum atomic E-state index is 11.8. The quantitative estimate of drug-likeness (QED) is 0.735. The molecule has 0 aliphatic heterocycles. The smallest absolute Gasteiger partial charge is 0.307 e. The molecule has 0 saturated heterocycles. The molecule has 3 aromatic rings. The number of ether oxygens (including phenoxy) is 1. The average molecular weight is 369 g/mol. The highest BCUT2D eigenvalue weighted by Crippen LogP contribution is 2.34. The third-order valence-corrected chi connectivity index (χ3v) is 5.01. The first-order valence-corrected chi connectivity index (χ1v) is 9.63. The van der Waals surface area contributed by atoms with Crippen LogP contribution in [-0.4, -0.2) is 26.5 Å². The summed E-state index contributed by atoms with van der Waals surface area (Å²) in [6, 6.07) is 10.9. The molecule has 0 aliphatic carbocycles. The van der Waals surface area contributed by atoms with Crippen molar-refractivity contribution in [2.75, 3.05) is 6.26 Å². The second kappa shape index (κ2) is 7.25. The summed E-state index contributed by atoms with van der Waals surface area (Å²) in [6.45, 7) is 3.78. The highest BCUT2D eigenvalue weighted by atomic mass is 32.2. The van der Waals surface area contributed by atoms with Crippen molar-refractivity contribution >= 4 is 27.7 Å². The molecule has 2 aromatic carbocycles. The van der Waals surface area contributed by atoms with E-state index in [0.717, 1.165) is 27.6 Å². The van der Waals surface area contributed by atoms with Gasteiger partial charge in [0.2, 0.25) is 0 Å². The van der Waals surface area contributed by atoms with Gasteiger partial charge in [-0.1, -0.05) is 12.1 Å². The van der Waals surface area contributed by atoms with Crippen LogP contribution in [0.4, 0.5) is 0 Å². The summed E-state index contributed by atoms with van der Waals surface area (Å²) >= 11 is 0. The molecule has 3 rings (SSSR count). The van der Waals surface area contributed by atoms with E-state index in [0.29, 0.717) is 16.4 Å². The monoisotopic (exact) mass is 369 g/mol. The lowest BCUT2D eigenvalue weighted by atomic mass is 10.0. The Balaban J connectivity index is 2.05. The molecule has 0 aliphatic rings. The Morgan fingerprint density at radius 3 is 2.46 bits per heavy atom. The van der Waals surface area contributed by atoms with Crippen LogP contribution in [0.5, 0.6) is 11.5 Å². The summed E-state index contributed by atoms with van der Waals surface area (Å²) in [6.07, 6.45) is 3.28. The fourth-order valence-electron chi connectivity index (χ4n) is 2.96. The number of carbonyl (C=O) groups is 1. The number of pyridine rings is 1. The average Bonchev–Trinajstić information content (AvgIpc) is 2.57. The van der Waals surface area contributed by atoms with Gasteiger partial charge in [0.25, 0.3) is 0 Å². The Hall–Kier alpha value is -2.73. The normalized spacial score (nSPS) is 12.1. The van der Waals surface area contributed by atoms with Gasteiger partial charge >= 0.3 is 5.97 Å². The topological polar surface area (TPSA) is 76.5 Å². The number of carboxylic acids is 1. The van der Waals surface area contributed by atoms with Gasteiger partial charge in [0, 0.05) is 33.5 Å². The molecule has 1 atom stereocenters. The summed E-state index contributed by atoms with van der Waals surface area (Å²) in [5.41, 5.74) is 3.22. The number of rotatable bonds is 5. The Bertz CT molecular complexity index is 1010. The van der Waals surface area contributed by atoms with E-state index in [9.17, 15) is 9.00 Å². The van der Waals surface area contributed by atoms with E-state index in [1.807, 2.05) is 38.1 Å². The van der Waals surface area contributed by atoms with Gasteiger partial charge in [0.15, 0.2) is 0 Å². The predicted octanol–water partition coefficient (Wildman–Crippen LogP) is 4.01. The molecule has 0 radical (unpaired) electrons. The van der Waals surface area contributed by atoms with E-state index in [-0.39, 0.29) is 6.42 Å². The molecular weight excluding hydrogens is 350 g/mol. The molecule has 1 heterocycles. The van der Waals surface area contributed by atoms with Crippen molar-refractivity contribution in [1.82, 2.24) is 4.98 Å². The van der Waals surface area contributed by atoms with Crippen LogP contribution < -0.4 is 4.74 Å². The number of benzene rings is 2. The van der Waals surface area contributed by atoms with Crippen LogP contribution >= 0.6 is 0 Å². The summed E-state index contributed by atoms with van der Waals surface area (Å²) < 4.78 is 18.0. The number of aromatic nitrogens is 1. The lowest BCUT2D eigenvalue weighted by molar-refractivity contribution is -0.136. The number of fused-ring (bicyclic) bond motifs is 1. The molecule has 0 amide bonds. The Morgan fingerprint density at radius 1 is 1.15 bits per heavy atom. The number of carboxylic acid groups (broad SMARTS) is 1. The molecule has 1 N–H and O–H groups in total. The van der Waals surface area contributed by atoms with Crippen LogP contribution in [0.2, 0.25) is 0 Å².